The molecule has 170 valence electrons. The number of phenolic OH excluding ortho intramolecular Hbond substituents is 2. The number of aromatic hydroxyl groups is 2. The minimum atomic E-state index is -0.397. The molecule has 0 bridgehead atoms. The Hall–Kier alpha value is -1.60. The van der Waals surface area contributed by atoms with Gasteiger partial charge in [0.15, 0.2) is 6.29 Å². The molecular weight excluding hydrogens is 426 g/mol. The first-order valence-corrected chi connectivity index (χ1v) is 9.56. The van der Waals surface area contributed by atoms with Gasteiger partial charge in [0, 0.05) is 62.6 Å². The summed E-state index contributed by atoms with van der Waals surface area (Å²) < 4.78 is 10.7. The molecule has 0 unspecified atom stereocenters. The summed E-state index contributed by atoms with van der Waals surface area (Å²) in [5.41, 5.74) is 5.61. The molecule has 0 heterocycles. The van der Waals surface area contributed by atoms with Gasteiger partial charge in [-0.1, -0.05) is 35.4 Å². The molecule has 3 N–H and O–H groups in total. The molecule has 0 aliphatic rings. The minimum absolute atomic E-state index is 0. The number of hydrogen-bond donors (Lipinski definition) is 3. The maximum Gasteiger partial charge on any atom is 0.169 e. The van der Waals surface area contributed by atoms with Gasteiger partial charge in [-0.3, -0.25) is 4.90 Å². The monoisotopic (exact) mass is 461 g/mol. The van der Waals surface area contributed by atoms with Gasteiger partial charge in [-0.05, 0) is 38.8 Å². The van der Waals surface area contributed by atoms with Gasteiger partial charge < -0.3 is 24.8 Å². The first-order valence-electron chi connectivity index (χ1n) is 9.56. The average Bonchev–Trinajstić information content (AvgIpc) is 2.68. The van der Waals surface area contributed by atoms with Crippen LogP contribution < -0.4 is 0 Å². The largest absolute Gasteiger partial charge is 0.507 e. The molecule has 0 spiro atoms. The number of hydrogen-bond acceptors (Lipinski definition) is 6. The first-order chi connectivity index (χ1) is 13.7. The molecule has 0 aromatic heterocycles. The number of rotatable bonds is 8. The average molecular weight is 461 g/mol. The quantitative estimate of drug-likeness (QED) is 0.412. The van der Waals surface area contributed by atoms with Crippen molar-refractivity contribution in [2.24, 2.45) is 0 Å². The number of aliphatic hydroxyl groups is 1. The van der Waals surface area contributed by atoms with E-state index in [0.29, 0.717) is 31.1 Å². The van der Waals surface area contributed by atoms with Crippen LogP contribution in [-0.4, -0.2) is 54.4 Å². The molecular formula is C23H35FeNO5. The normalized spacial score (nSPS) is 10.6. The Morgan fingerprint density at radius 1 is 0.767 bits per heavy atom. The molecule has 0 amide bonds. The van der Waals surface area contributed by atoms with Gasteiger partial charge in [-0.25, -0.2) is 0 Å². The van der Waals surface area contributed by atoms with E-state index < -0.39 is 6.29 Å². The summed E-state index contributed by atoms with van der Waals surface area (Å²) in [4.78, 5) is 2.11. The van der Waals surface area contributed by atoms with E-state index in [1.165, 1.54) is 0 Å². The van der Waals surface area contributed by atoms with Gasteiger partial charge >= 0.3 is 0 Å². The zero-order chi connectivity index (χ0) is 22.1. The second-order valence-electron chi connectivity index (χ2n) is 7.25. The van der Waals surface area contributed by atoms with E-state index in [9.17, 15) is 10.2 Å². The molecule has 2 aromatic rings. The first kappa shape index (κ1) is 28.4. The SMILES string of the molecule is CO.COC(CN(Cc1cc(C)cc(C)c1O)Cc1cc(C)cc(C)c1O)OC.[Fe]. The maximum atomic E-state index is 10.5. The summed E-state index contributed by atoms with van der Waals surface area (Å²) in [7, 11) is 4.21. The Morgan fingerprint density at radius 3 is 1.47 bits per heavy atom. The molecule has 30 heavy (non-hydrogen) atoms. The molecule has 6 nitrogen and oxygen atoms in total. The van der Waals surface area contributed by atoms with E-state index in [0.717, 1.165) is 40.5 Å². The van der Waals surface area contributed by atoms with Gasteiger partial charge in [0.1, 0.15) is 11.5 Å². The van der Waals surface area contributed by atoms with Crippen LogP contribution in [0.4, 0.5) is 0 Å². The standard InChI is InChI=1S/C22H31NO4.CH4O.Fe/c1-14-7-16(3)21(24)18(9-14)11-23(13-20(26-5)27-6)12-19-10-15(2)8-17(4)22(19)25;1-2;/h7-10,20,24-25H,11-13H2,1-6H3;2H,1H3;. The van der Waals surface area contributed by atoms with Crippen molar-refractivity contribution in [2.45, 2.75) is 47.1 Å². The van der Waals surface area contributed by atoms with Crippen LogP contribution in [0.5, 0.6) is 11.5 Å². The van der Waals surface area contributed by atoms with Gasteiger partial charge in [0.25, 0.3) is 0 Å². The third-order valence-electron chi connectivity index (χ3n) is 4.77. The van der Waals surface area contributed by atoms with Crippen molar-refractivity contribution < 1.29 is 41.9 Å². The van der Waals surface area contributed by atoms with Crippen LogP contribution in [0.25, 0.3) is 0 Å². The Kier molecular flexibility index (Phi) is 12.9. The molecule has 0 aliphatic carbocycles. The minimum Gasteiger partial charge on any atom is -0.507 e. The molecule has 0 saturated carbocycles. The summed E-state index contributed by atoms with van der Waals surface area (Å²) >= 11 is 0. The van der Waals surface area contributed by atoms with Crippen molar-refractivity contribution >= 4 is 0 Å². The van der Waals surface area contributed by atoms with Crippen molar-refractivity contribution in [1.29, 1.82) is 0 Å². The number of benzene rings is 2. The second kappa shape index (κ2) is 13.7. The Bertz CT molecular complexity index is 734. The van der Waals surface area contributed by atoms with Crippen molar-refractivity contribution in [1.82, 2.24) is 4.90 Å². The van der Waals surface area contributed by atoms with E-state index in [1.54, 1.807) is 14.2 Å². The Morgan fingerprint density at radius 2 is 1.13 bits per heavy atom. The topological polar surface area (TPSA) is 82.4 Å². The third-order valence-corrected chi connectivity index (χ3v) is 4.77. The molecule has 2 aromatic carbocycles. The van der Waals surface area contributed by atoms with E-state index in [4.69, 9.17) is 14.6 Å². The summed E-state index contributed by atoms with van der Waals surface area (Å²) in [6, 6.07) is 7.91. The fraction of sp³-hybridized carbons (Fsp3) is 0.478. The predicted octanol–water partition coefficient (Wildman–Crippen LogP) is 3.56. The zero-order valence-electron chi connectivity index (χ0n) is 19.0. The number of aliphatic hydroxyl groups excluding tert-OH is 1. The number of ether oxygens (including phenoxy) is 2. The fourth-order valence-corrected chi connectivity index (χ4v) is 3.46. The third kappa shape index (κ3) is 7.91. The predicted molar refractivity (Wildman–Crippen MR) is 115 cm³/mol. The van der Waals surface area contributed by atoms with Crippen LogP contribution in [-0.2, 0) is 39.6 Å². The van der Waals surface area contributed by atoms with Crippen LogP contribution in [0.1, 0.15) is 33.4 Å². The maximum absolute atomic E-state index is 10.5. The number of methoxy groups -OCH3 is 2. The second-order valence-corrected chi connectivity index (χ2v) is 7.25. The van der Waals surface area contributed by atoms with Crippen molar-refractivity contribution in [2.75, 3.05) is 27.9 Å². The van der Waals surface area contributed by atoms with Gasteiger partial charge in [-0.15, -0.1) is 0 Å². The number of aryl methyl sites for hydroxylation is 4. The van der Waals surface area contributed by atoms with Crippen molar-refractivity contribution in [3.63, 3.8) is 0 Å². The fourth-order valence-electron chi connectivity index (χ4n) is 3.46. The van der Waals surface area contributed by atoms with E-state index in [2.05, 4.69) is 4.90 Å². The number of nitrogens with zero attached hydrogens (tertiary/aromatic N) is 1. The molecule has 7 heteroatoms. The Balaban J connectivity index is 0.00000272. The summed E-state index contributed by atoms with van der Waals surface area (Å²) in [5, 5.41) is 28.0. The zero-order valence-corrected chi connectivity index (χ0v) is 20.1. The summed E-state index contributed by atoms with van der Waals surface area (Å²) in [6.07, 6.45) is -0.397. The molecule has 0 atom stereocenters. The van der Waals surface area contributed by atoms with Gasteiger partial charge in [0.05, 0.1) is 6.54 Å². The molecule has 0 fully saturated rings. The van der Waals surface area contributed by atoms with Crippen LogP contribution in [0.15, 0.2) is 24.3 Å². The van der Waals surface area contributed by atoms with Crippen LogP contribution in [0.2, 0.25) is 0 Å². The Labute approximate surface area is 190 Å². The van der Waals surface area contributed by atoms with Crippen molar-refractivity contribution in [3.05, 3.63) is 57.6 Å². The molecule has 0 aliphatic heterocycles. The van der Waals surface area contributed by atoms with Crippen LogP contribution in [0.3, 0.4) is 0 Å². The summed E-state index contributed by atoms with van der Waals surface area (Å²) in [5.74, 6) is 0.614. The van der Waals surface area contributed by atoms with Gasteiger partial charge in [0.2, 0.25) is 0 Å². The smallest absolute Gasteiger partial charge is 0.169 e. The van der Waals surface area contributed by atoms with Crippen molar-refractivity contribution in [3.8, 4) is 11.5 Å². The molecule has 0 radical (unpaired) electrons. The van der Waals surface area contributed by atoms with E-state index in [1.807, 2.05) is 52.0 Å². The number of phenols is 2. The van der Waals surface area contributed by atoms with E-state index >= 15 is 0 Å². The van der Waals surface area contributed by atoms with Gasteiger partial charge in [-0.2, -0.15) is 0 Å². The molecule has 0 saturated heterocycles. The molecule has 2 rings (SSSR count). The van der Waals surface area contributed by atoms with E-state index in [-0.39, 0.29) is 17.1 Å². The van der Waals surface area contributed by atoms with Crippen LogP contribution in [0, 0.1) is 27.7 Å². The summed E-state index contributed by atoms with van der Waals surface area (Å²) in [6.45, 7) is 9.38. The van der Waals surface area contributed by atoms with Crippen LogP contribution >= 0.6 is 0 Å².